The highest BCUT2D eigenvalue weighted by atomic mass is 16.4. The summed E-state index contributed by atoms with van der Waals surface area (Å²) in [6.07, 6.45) is 1.86. The molecule has 2 heterocycles. The lowest BCUT2D eigenvalue weighted by atomic mass is 10.1. The van der Waals surface area contributed by atoms with Crippen LogP contribution in [0.1, 0.15) is 29.9 Å². The van der Waals surface area contributed by atoms with Gasteiger partial charge in [0, 0.05) is 51.1 Å². The summed E-state index contributed by atoms with van der Waals surface area (Å²) in [6.45, 7) is 6.50. The second-order valence-electron chi connectivity index (χ2n) is 7.87. The number of piperazine rings is 1. The molecule has 1 aliphatic heterocycles. The third kappa shape index (κ3) is 5.33. The largest absolute Gasteiger partial charge is 0.421 e. The summed E-state index contributed by atoms with van der Waals surface area (Å²) in [5.41, 5.74) is 3.54. The fourth-order valence-corrected chi connectivity index (χ4v) is 3.83. The molecule has 0 spiro atoms. The number of carbonyl (C=O) groups is 1. The topological polar surface area (TPSA) is 62.5 Å². The number of aromatic nitrogens is 2. The van der Waals surface area contributed by atoms with Gasteiger partial charge >= 0.3 is 0 Å². The highest BCUT2D eigenvalue weighted by molar-refractivity contribution is 5.76. The first-order valence-electron chi connectivity index (χ1n) is 10.6. The van der Waals surface area contributed by atoms with Crippen molar-refractivity contribution in [3.05, 3.63) is 71.6 Å². The Morgan fingerprint density at radius 1 is 1.00 bits per heavy atom. The number of benzene rings is 2. The van der Waals surface area contributed by atoms with Crippen LogP contribution in [-0.4, -0.2) is 52.1 Å². The van der Waals surface area contributed by atoms with Gasteiger partial charge in [-0.25, -0.2) is 0 Å². The minimum absolute atomic E-state index is 0.216. The molecule has 1 aromatic heterocycles. The van der Waals surface area contributed by atoms with E-state index in [0.29, 0.717) is 24.6 Å². The third-order valence-electron chi connectivity index (χ3n) is 5.48. The standard InChI is InChI=1S/C24H28N4O2/c1-19-7-5-8-20(17-19)18-27-13-15-28(16-14-27)23(29)12-6-11-22-25-26-24(30-22)21-9-3-2-4-10-21/h2-5,7-10,17H,6,11-16,18H2,1H3. The zero-order valence-electron chi connectivity index (χ0n) is 17.5. The molecule has 0 aliphatic carbocycles. The Morgan fingerprint density at radius 3 is 2.57 bits per heavy atom. The van der Waals surface area contributed by atoms with E-state index in [9.17, 15) is 4.79 Å². The van der Waals surface area contributed by atoms with Gasteiger partial charge in [-0.15, -0.1) is 10.2 Å². The van der Waals surface area contributed by atoms with Crippen LogP contribution in [0.25, 0.3) is 11.5 Å². The lowest BCUT2D eigenvalue weighted by molar-refractivity contribution is -0.133. The van der Waals surface area contributed by atoms with Crippen LogP contribution < -0.4 is 0 Å². The third-order valence-corrected chi connectivity index (χ3v) is 5.48. The van der Waals surface area contributed by atoms with E-state index >= 15 is 0 Å². The number of hydrogen-bond acceptors (Lipinski definition) is 5. The average molecular weight is 405 g/mol. The summed E-state index contributed by atoms with van der Waals surface area (Å²) >= 11 is 0. The molecule has 6 nitrogen and oxygen atoms in total. The smallest absolute Gasteiger partial charge is 0.247 e. The molecular formula is C24H28N4O2. The van der Waals surface area contributed by atoms with Crippen LogP contribution in [0.5, 0.6) is 0 Å². The van der Waals surface area contributed by atoms with Crippen LogP contribution in [-0.2, 0) is 17.8 Å². The normalized spacial score (nSPS) is 14.8. The lowest BCUT2D eigenvalue weighted by Crippen LogP contribution is -2.48. The van der Waals surface area contributed by atoms with Gasteiger partial charge in [0.25, 0.3) is 0 Å². The number of rotatable bonds is 7. The monoisotopic (exact) mass is 404 g/mol. The predicted molar refractivity (Wildman–Crippen MR) is 116 cm³/mol. The van der Waals surface area contributed by atoms with Gasteiger partial charge in [-0.05, 0) is 31.0 Å². The summed E-state index contributed by atoms with van der Waals surface area (Å²) in [5.74, 6) is 1.33. The van der Waals surface area contributed by atoms with Crippen molar-refractivity contribution in [1.82, 2.24) is 20.0 Å². The molecular weight excluding hydrogens is 376 g/mol. The first-order valence-corrected chi connectivity index (χ1v) is 10.6. The zero-order valence-corrected chi connectivity index (χ0v) is 17.5. The molecule has 0 atom stereocenters. The molecule has 0 unspecified atom stereocenters. The van der Waals surface area contributed by atoms with Gasteiger partial charge in [0.1, 0.15) is 0 Å². The van der Waals surface area contributed by atoms with Crippen molar-refractivity contribution in [2.24, 2.45) is 0 Å². The Labute approximate surface area is 177 Å². The van der Waals surface area contributed by atoms with E-state index in [2.05, 4.69) is 46.3 Å². The maximum atomic E-state index is 12.6. The van der Waals surface area contributed by atoms with Gasteiger partial charge in [-0.3, -0.25) is 9.69 Å². The van der Waals surface area contributed by atoms with Crippen molar-refractivity contribution in [3.8, 4) is 11.5 Å². The highest BCUT2D eigenvalue weighted by Gasteiger charge is 2.21. The van der Waals surface area contributed by atoms with Crippen molar-refractivity contribution in [2.75, 3.05) is 26.2 Å². The molecule has 1 aliphatic rings. The Balaban J connectivity index is 1.19. The molecule has 30 heavy (non-hydrogen) atoms. The molecule has 3 aromatic rings. The lowest BCUT2D eigenvalue weighted by Gasteiger charge is -2.34. The van der Waals surface area contributed by atoms with Crippen LogP contribution in [0, 0.1) is 6.92 Å². The van der Waals surface area contributed by atoms with Crippen LogP contribution in [0.4, 0.5) is 0 Å². The van der Waals surface area contributed by atoms with E-state index in [1.807, 2.05) is 35.2 Å². The Bertz CT molecular complexity index is 962. The van der Waals surface area contributed by atoms with Crippen LogP contribution in [0.3, 0.4) is 0 Å². The first-order chi connectivity index (χ1) is 14.7. The van der Waals surface area contributed by atoms with Gasteiger partial charge in [-0.2, -0.15) is 0 Å². The summed E-state index contributed by atoms with van der Waals surface area (Å²) in [6, 6.07) is 18.4. The van der Waals surface area contributed by atoms with Crippen LogP contribution in [0.2, 0.25) is 0 Å². The van der Waals surface area contributed by atoms with Crippen LogP contribution >= 0.6 is 0 Å². The number of hydrogen-bond donors (Lipinski definition) is 0. The SMILES string of the molecule is Cc1cccc(CN2CCN(C(=O)CCCc3nnc(-c4ccccc4)o3)CC2)c1. The second-order valence-corrected chi connectivity index (χ2v) is 7.87. The minimum Gasteiger partial charge on any atom is -0.421 e. The molecule has 1 saturated heterocycles. The summed E-state index contributed by atoms with van der Waals surface area (Å²) in [5, 5.41) is 8.21. The van der Waals surface area contributed by atoms with E-state index in [1.54, 1.807) is 0 Å². The number of aryl methyl sites for hydroxylation is 2. The Kier molecular flexibility index (Phi) is 6.54. The molecule has 4 rings (SSSR count). The summed E-state index contributed by atoms with van der Waals surface area (Å²) < 4.78 is 5.72. The first kappa shape index (κ1) is 20.3. The van der Waals surface area contributed by atoms with Crippen molar-refractivity contribution in [2.45, 2.75) is 32.7 Å². The fraction of sp³-hybridized carbons (Fsp3) is 0.375. The number of carbonyl (C=O) groups excluding carboxylic acids is 1. The molecule has 0 radical (unpaired) electrons. The number of nitrogens with zero attached hydrogens (tertiary/aromatic N) is 4. The van der Waals surface area contributed by atoms with Gasteiger partial charge in [0.05, 0.1) is 0 Å². The van der Waals surface area contributed by atoms with Crippen molar-refractivity contribution >= 4 is 5.91 Å². The molecule has 0 N–H and O–H groups in total. The van der Waals surface area contributed by atoms with E-state index in [1.165, 1.54) is 11.1 Å². The quantitative estimate of drug-likeness (QED) is 0.601. The van der Waals surface area contributed by atoms with E-state index < -0.39 is 0 Å². The predicted octanol–water partition coefficient (Wildman–Crippen LogP) is 3.71. The maximum Gasteiger partial charge on any atom is 0.247 e. The van der Waals surface area contributed by atoms with Gasteiger partial charge in [0.2, 0.25) is 17.7 Å². The van der Waals surface area contributed by atoms with E-state index in [4.69, 9.17) is 4.42 Å². The minimum atomic E-state index is 0.216. The maximum absolute atomic E-state index is 12.6. The Hall–Kier alpha value is -2.99. The van der Waals surface area contributed by atoms with Crippen molar-refractivity contribution in [3.63, 3.8) is 0 Å². The highest BCUT2D eigenvalue weighted by Crippen LogP contribution is 2.18. The summed E-state index contributed by atoms with van der Waals surface area (Å²) in [7, 11) is 0. The molecule has 2 aromatic carbocycles. The van der Waals surface area contributed by atoms with Gasteiger partial charge < -0.3 is 9.32 Å². The fourth-order valence-electron chi connectivity index (χ4n) is 3.83. The van der Waals surface area contributed by atoms with Crippen LogP contribution in [0.15, 0.2) is 59.0 Å². The second kappa shape index (κ2) is 9.67. The molecule has 1 fully saturated rings. The summed E-state index contributed by atoms with van der Waals surface area (Å²) in [4.78, 5) is 17.0. The van der Waals surface area contributed by atoms with Gasteiger partial charge in [0.15, 0.2) is 0 Å². The molecule has 156 valence electrons. The molecule has 6 heteroatoms. The zero-order chi connectivity index (χ0) is 20.8. The average Bonchev–Trinajstić information content (AvgIpc) is 3.24. The van der Waals surface area contributed by atoms with Gasteiger partial charge in [-0.1, -0.05) is 48.0 Å². The molecule has 0 saturated carbocycles. The van der Waals surface area contributed by atoms with E-state index in [-0.39, 0.29) is 5.91 Å². The Morgan fingerprint density at radius 2 is 1.80 bits per heavy atom. The molecule has 1 amide bonds. The van der Waals surface area contributed by atoms with Crippen molar-refractivity contribution < 1.29 is 9.21 Å². The number of amides is 1. The van der Waals surface area contributed by atoms with E-state index in [0.717, 1.165) is 44.7 Å². The van der Waals surface area contributed by atoms with Crippen molar-refractivity contribution in [1.29, 1.82) is 0 Å². The molecule has 0 bridgehead atoms.